The normalized spacial score (nSPS) is 9.81. The second-order valence-corrected chi connectivity index (χ2v) is 3.21. The molecule has 0 radical (unpaired) electrons. The third kappa shape index (κ3) is 2.01. The molecule has 2 aromatic rings. The van der Waals surface area contributed by atoms with E-state index in [-0.39, 0.29) is 11.3 Å². The number of nitrogens with zero attached hydrogens (tertiary/aromatic N) is 3. The Kier molecular flexibility index (Phi) is 2.56. The summed E-state index contributed by atoms with van der Waals surface area (Å²) < 4.78 is 20.2. The van der Waals surface area contributed by atoms with Crippen molar-refractivity contribution >= 4 is 0 Å². The quantitative estimate of drug-likeness (QED) is 0.775. The van der Waals surface area contributed by atoms with Crippen LogP contribution < -0.4 is 4.74 Å². The van der Waals surface area contributed by atoms with E-state index in [0.717, 1.165) is 6.07 Å². The minimum absolute atomic E-state index is 0.0759. The topological polar surface area (TPSA) is 50.8 Å². The van der Waals surface area contributed by atoms with E-state index in [9.17, 15) is 4.39 Å². The number of hydrogen-bond donors (Lipinski definition) is 0. The Labute approximate surface area is 91.5 Å². The zero-order valence-electron chi connectivity index (χ0n) is 8.51. The van der Waals surface area contributed by atoms with Gasteiger partial charge in [0.1, 0.15) is 0 Å². The first-order chi connectivity index (χ1) is 7.69. The van der Waals surface area contributed by atoms with Gasteiger partial charge in [-0.2, -0.15) is 10.4 Å². The van der Waals surface area contributed by atoms with E-state index >= 15 is 0 Å². The summed E-state index contributed by atoms with van der Waals surface area (Å²) in [6.07, 6.45) is 3.11. The first-order valence-corrected chi connectivity index (χ1v) is 4.55. The lowest BCUT2D eigenvalue weighted by atomic mass is 10.2. The van der Waals surface area contributed by atoms with Gasteiger partial charge in [-0.3, -0.25) is 4.68 Å². The van der Waals surface area contributed by atoms with E-state index < -0.39 is 5.82 Å². The Hall–Kier alpha value is -2.35. The highest BCUT2D eigenvalue weighted by atomic mass is 19.1. The summed E-state index contributed by atoms with van der Waals surface area (Å²) in [7, 11) is 1.74. The summed E-state index contributed by atoms with van der Waals surface area (Å²) in [5, 5.41) is 12.5. The van der Waals surface area contributed by atoms with Gasteiger partial charge in [-0.1, -0.05) is 0 Å². The molecule has 0 N–H and O–H groups in total. The van der Waals surface area contributed by atoms with E-state index in [1.54, 1.807) is 17.9 Å². The van der Waals surface area contributed by atoms with Crippen molar-refractivity contribution in [3.05, 3.63) is 42.0 Å². The first-order valence-electron chi connectivity index (χ1n) is 4.55. The molecular formula is C11H8FN3O. The predicted octanol–water partition coefficient (Wildman–Crippen LogP) is 2.22. The largest absolute Gasteiger partial charge is 0.451 e. The zero-order chi connectivity index (χ0) is 11.5. The molecule has 0 fully saturated rings. The molecule has 0 aliphatic carbocycles. The third-order valence-electron chi connectivity index (χ3n) is 1.97. The number of nitriles is 1. The molecular weight excluding hydrogens is 209 g/mol. The molecule has 0 spiro atoms. The Morgan fingerprint density at radius 2 is 2.31 bits per heavy atom. The average Bonchev–Trinajstić information content (AvgIpc) is 2.67. The van der Waals surface area contributed by atoms with Gasteiger partial charge in [0.25, 0.3) is 0 Å². The lowest BCUT2D eigenvalue weighted by Gasteiger charge is -2.03. The van der Waals surface area contributed by atoms with Gasteiger partial charge in [-0.15, -0.1) is 0 Å². The van der Waals surface area contributed by atoms with Crippen LogP contribution in [0.4, 0.5) is 4.39 Å². The van der Waals surface area contributed by atoms with E-state index in [0.29, 0.717) is 5.75 Å². The Balaban J connectivity index is 2.26. The summed E-state index contributed by atoms with van der Waals surface area (Å²) >= 11 is 0. The standard InChI is InChI=1S/C11H8FN3O/c1-15-7-9(6-14-15)16-11-3-2-8(5-13)4-10(11)12/h2-4,6-7H,1H3. The third-order valence-corrected chi connectivity index (χ3v) is 1.97. The molecule has 2 rings (SSSR count). The Bertz CT molecular complexity index is 557. The number of aromatic nitrogens is 2. The first kappa shape index (κ1) is 10.2. The number of ether oxygens (including phenoxy) is 1. The molecule has 4 nitrogen and oxygen atoms in total. The van der Waals surface area contributed by atoms with Gasteiger partial charge in [-0.25, -0.2) is 4.39 Å². The molecule has 5 heteroatoms. The summed E-state index contributed by atoms with van der Waals surface area (Å²) in [5.41, 5.74) is 0.260. The van der Waals surface area contributed by atoms with Crippen LogP contribution in [0.3, 0.4) is 0 Å². The van der Waals surface area contributed by atoms with Crippen molar-refractivity contribution in [2.45, 2.75) is 0 Å². The maximum atomic E-state index is 13.4. The fourth-order valence-corrected chi connectivity index (χ4v) is 1.23. The minimum Gasteiger partial charge on any atom is -0.451 e. The number of aryl methyl sites for hydroxylation is 1. The van der Waals surface area contributed by atoms with E-state index in [2.05, 4.69) is 5.10 Å². The van der Waals surface area contributed by atoms with Gasteiger partial charge in [0.05, 0.1) is 24.0 Å². The van der Waals surface area contributed by atoms with Crippen molar-refractivity contribution in [1.82, 2.24) is 9.78 Å². The Morgan fingerprint density at radius 1 is 1.50 bits per heavy atom. The van der Waals surface area contributed by atoms with E-state index in [1.807, 2.05) is 6.07 Å². The van der Waals surface area contributed by atoms with Crippen molar-refractivity contribution in [2.24, 2.45) is 7.05 Å². The molecule has 0 atom stereocenters. The van der Waals surface area contributed by atoms with Crippen LogP contribution in [-0.4, -0.2) is 9.78 Å². The fourth-order valence-electron chi connectivity index (χ4n) is 1.23. The maximum Gasteiger partial charge on any atom is 0.167 e. The van der Waals surface area contributed by atoms with E-state index in [4.69, 9.17) is 10.00 Å². The summed E-state index contributed by atoms with van der Waals surface area (Å²) in [6, 6.07) is 5.89. The number of benzene rings is 1. The second kappa shape index (κ2) is 4.03. The van der Waals surface area contributed by atoms with Gasteiger partial charge >= 0.3 is 0 Å². The molecule has 16 heavy (non-hydrogen) atoms. The monoisotopic (exact) mass is 217 g/mol. The summed E-state index contributed by atoms with van der Waals surface area (Å²) in [5.74, 6) is -0.0407. The van der Waals surface area contributed by atoms with Crippen LogP contribution in [-0.2, 0) is 7.05 Å². The van der Waals surface area contributed by atoms with Gasteiger partial charge < -0.3 is 4.74 Å². The molecule has 0 aliphatic rings. The second-order valence-electron chi connectivity index (χ2n) is 3.21. The van der Waals surface area contributed by atoms with Crippen LogP contribution in [0.2, 0.25) is 0 Å². The SMILES string of the molecule is Cn1cc(Oc2ccc(C#N)cc2F)cn1. The highest BCUT2D eigenvalue weighted by molar-refractivity contribution is 5.37. The van der Waals surface area contributed by atoms with Crippen LogP contribution in [0.1, 0.15) is 5.56 Å². The summed E-state index contributed by atoms with van der Waals surface area (Å²) in [4.78, 5) is 0. The van der Waals surface area contributed by atoms with Gasteiger partial charge in [0.2, 0.25) is 0 Å². The summed E-state index contributed by atoms with van der Waals surface area (Å²) in [6.45, 7) is 0. The van der Waals surface area contributed by atoms with Crippen molar-refractivity contribution in [2.75, 3.05) is 0 Å². The van der Waals surface area contributed by atoms with Crippen molar-refractivity contribution in [1.29, 1.82) is 5.26 Å². The lowest BCUT2D eigenvalue weighted by molar-refractivity contribution is 0.441. The number of hydrogen-bond acceptors (Lipinski definition) is 3. The minimum atomic E-state index is -0.567. The zero-order valence-corrected chi connectivity index (χ0v) is 8.51. The van der Waals surface area contributed by atoms with Crippen LogP contribution >= 0.6 is 0 Å². The molecule has 1 aromatic heterocycles. The molecule has 80 valence electrons. The van der Waals surface area contributed by atoms with E-state index in [1.165, 1.54) is 18.3 Å². The molecule has 0 saturated carbocycles. The molecule has 0 amide bonds. The van der Waals surface area contributed by atoms with Gasteiger partial charge in [0, 0.05) is 7.05 Å². The molecule has 0 aliphatic heterocycles. The highest BCUT2D eigenvalue weighted by Crippen LogP contribution is 2.24. The maximum absolute atomic E-state index is 13.4. The number of halogens is 1. The van der Waals surface area contributed by atoms with Gasteiger partial charge in [0.15, 0.2) is 17.3 Å². The van der Waals surface area contributed by atoms with Crippen molar-refractivity contribution in [3.63, 3.8) is 0 Å². The average molecular weight is 217 g/mol. The Morgan fingerprint density at radius 3 is 2.88 bits per heavy atom. The predicted molar refractivity (Wildman–Crippen MR) is 54.4 cm³/mol. The van der Waals surface area contributed by atoms with Crippen LogP contribution in [0.25, 0.3) is 0 Å². The van der Waals surface area contributed by atoms with Crippen LogP contribution in [0.15, 0.2) is 30.6 Å². The molecule has 0 unspecified atom stereocenters. The van der Waals surface area contributed by atoms with Crippen LogP contribution in [0.5, 0.6) is 11.5 Å². The molecule has 1 aromatic carbocycles. The fraction of sp³-hybridized carbons (Fsp3) is 0.0909. The highest BCUT2D eigenvalue weighted by Gasteiger charge is 2.06. The molecule has 0 saturated heterocycles. The lowest BCUT2D eigenvalue weighted by Crippen LogP contribution is -1.88. The van der Waals surface area contributed by atoms with Crippen molar-refractivity contribution in [3.8, 4) is 17.6 Å². The smallest absolute Gasteiger partial charge is 0.167 e. The molecule has 1 heterocycles. The number of rotatable bonds is 2. The van der Waals surface area contributed by atoms with Gasteiger partial charge in [-0.05, 0) is 18.2 Å². The van der Waals surface area contributed by atoms with Crippen molar-refractivity contribution < 1.29 is 9.13 Å². The molecule has 0 bridgehead atoms. The van der Waals surface area contributed by atoms with Crippen LogP contribution in [0, 0.1) is 17.1 Å².